The fraction of sp³-hybridized carbons (Fsp3) is 0.500. The third-order valence-electron chi connectivity index (χ3n) is 3.00. The smallest absolute Gasteiger partial charge is 0.146 e. The molecule has 0 spiro atoms. The van der Waals surface area contributed by atoms with Crippen molar-refractivity contribution in [2.45, 2.75) is 12.6 Å². The summed E-state index contributed by atoms with van der Waals surface area (Å²) >= 11 is 0. The molecule has 3 nitrogen and oxygen atoms in total. The number of ether oxygens (including phenoxy) is 1. The number of methoxy groups -OCH3 is 1. The van der Waals surface area contributed by atoms with Crippen LogP contribution in [-0.2, 0) is 11.3 Å². The van der Waals surface area contributed by atoms with Gasteiger partial charge in [-0.2, -0.15) is 0 Å². The van der Waals surface area contributed by atoms with Crippen LogP contribution in [0.25, 0.3) is 0 Å². The molecule has 0 aliphatic carbocycles. The summed E-state index contributed by atoms with van der Waals surface area (Å²) in [7, 11) is 3.47. The highest BCUT2D eigenvalue weighted by molar-refractivity contribution is 5.51. The number of hydrogen-bond acceptors (Lipinski definition) is 3. The first-order valence-electron chi connectivity index (χ1n) is 5.45. The summed E-state index contributed by atoms with van der Waals surface area (Å²) < 4.78 is 18.7. The lowest BCUT2D eigenvalue weighted by Crippen LogP contribution is -2.50. The van der Waals surface area contributed by atoms with Crippen LogP contribution in [0.5, 0.6) is 0 Å². The summed E-state index contributed by atoms with van der Waals surface area (Å²) in [6.07, 6.45) is 0.339. The van der Waals surface area contributed by atoms with Gasteiger partial charge < -0.3 is 10.1 Å². The molecule has 0 aromatic heterocycles. The van der Waals surface area contributed by atoms with Crippen molar-refractivity contribution >= 4 is 5.69 Å². The zero-order valence-electron chi connectivity index (χ0n) is 9.66. The Morgan fingerprint density at radius 3 is 2.88 bits per heavy atom. The minimum Gasteiger partial charge on any atom is -0.385 e. The van der Waals surface area contributed by atoms with E-state index in [2.05, 4.69) is 10.2 Å². The van der Waals surface area contributed by atoms with E-state index in [0.717, 1.165) is 25.2 Å². The predicted molar refractivity (Wildman–Crippen MR) is 62.0 cm³/mol. The van der Waals surface area contributed by atoms with Crippen molar-refractivity contribution in [3.8, 4) is 0 Å². The normalized spacial score (nSPS) is 17.2. The molecule has 4 heteroatoms. The second kappa shape index (κ2) is 4.80. The largest absolute Gasteiger partial charge is 0.385 e. The Kier molecular flexibility index (Phi) is 3.41. The molecule has 0 unspecified atom stereocenters. The SMILES string of the molecule is CNc1c(F)cccc1CN1CC(OC)C1. The van der Waals surface area contributed by atoms with Crippen LogP contribution in [0.2, 0.25) is 0 Å². The second-order valence-corrected chi connectivity index (χ2v) is 4.08. The summed E-state index contributed by atoms with van der Waals surface area (Å²) in [5.41, 5.74) is 1.60. The molecule has 1 aromatic rings. The molecular formula is C12H17FN2O. The quantitative estimate of drug-likeness (QED) is 0.842. The average molecular weight is 224 g/mol. The zero-order chi connectivity index (χ0) is 11.5. The first kappa shape index (κ1) is 11.4. The molecule has 1 heterocycles. The number of nitrogens with one attached hydrogen (secondary N) is 1. The molecule has 1 saturated heterocycles. The van der Waals surface area contributed by atoms with Gasteiger partial charge in [-0.3, -0.25) is 4.90 Å². The van der Waals surface area contributed by atoms with Crippen molar-refractivity contribution in [1.82, 2.24) is 4.90 Å². The van der Waals surface area contributed by atoms with Crippen LogP contribution in [-0.4, -0.2) is 38.3 Å². The van der Waals surface area contributed by atoms with Crippen LogP contribution in [0.1, 0.15) is 5.56 Å². The number of benzene rings is 1. The number of anilines is 1. The van der Waals surface area contributed by atoms with E-state index < -0.39 is 0 Å². The van der Waals surface area contributed by atoms with Crippen molar-refractivity contribution in [3.05, 3.63) is 29.6 Å². The van der Waals surface area contributed by atoms with Crippen molar-refractivity contribution in [2.75, 3.05) is 32.6 Å². The van der Waals surface area contributed by atoms with Gasteiger partial charge in [0.05, 0.1) is 11.8 Å². The highest BCUT2D eigenvalue weighted by Gasteiger charge is 2.26. The van der Waals surface area contributed by atoms with E-state index in [1.807, 2.05) is 6.07 Å². The Hall–Kier alpha value is -1.13. The maximum atomic E-state index is 13.5. The molecule has 1 fully saturated rings. The Balaban J connectivity index is 2.02. The van der Waals surface area contributed by atoms with Gasteiger partial charge in [0, 0.05) is 33.8 Å². The molecule has 88 valence electrons. The number of hydrogen-bond donors (Lipinski definition) is 1. The number of para-hydroxylation sites is 1. The summed E-state index contributed by atoms with van der Waals surface area (Å²) in [5, 5.41) is 2.91. The van der Waals surface area contributed by atoms with Crippen molar-refractivity contribution in [2.24, 2.45) is 0 Å². The van der Waals surface area contributed by atoms with Gasteiger partial charge >= 0.3 is 0 Å². The third-order valence-corrected chi connectivity index (χ3v) is 3.00. The fourth-order valence-corrected chi connectivity index (χ4v) is 2.02. The van der Waals surface area contributed by atoms with Gasteiger partial charge in [0.2, 0.25) is 0 Å². The average Bonchev–Trinajstić information content (AvgIpc) is 2.23. The van der Waals surface area contributed by atoms with Crippen molar-refractivity contribution in [1.29, 1.82) is 0 Å². The Morgan fingerprint density at radius 1 is 1.50 bits per heavy atom. The molecule has 1 N–H and O–H groups in total. The minimum atomic E-state index is -0.191. The van der Waals surface area contributed by atoms with Gasteiger partial charge in [-0.15, -0.1) is 0 Å². The van der Waals surface area contributed by atoms with Crippen LogP contribution in [0, 0.1) is 5.82 Å². The molecule has 1 aliphatic heterocycles. The third kappa shape index (κ3) is 2.18. The van der Waals surface area contributed by atoms with E-state index in [1.165, 1.54) is 6.07 Å². The van der Waals surface area contributed by atoms with Gasteiger partial charge in [0.15, 0.2) is 0 Å². The number of likely N-dealkylation sites (tertiary alicyclic amines) is 1. The number of rotatable bonds is 4. The van der Waals surface area contributed by atoms with Crippen LogP contribution >= 0.6 is 0 Å². The minimum absolute atomic E-state index is 0.191. The lowest BCUT2D eigenvalue weighted by molar-refractivity contribution is -0.0333. The molecule has 2 rings (SSSR count). The monoisotopic (exact) mass is 224 g/mol. The number of halogens is 1. The lowest BCUT2D eigenvalue weighted by atomic mass is 10.1. The van der Waals surface area contributed by atoms with E-state index >= 15 is 0 Å². The standard InChI is InChI=1S/C12H17FN2O/c1-14-12-9(4-3-5-11(12)13)6-15-7-10(8-15)16-2/h3-5,10,14H,6-8H2,1-2H3. The number of nitrogens with zero attached hydrogens (tertiary/aromatic N) is 1. The van der Waals surface area contributed by atoms with Crippen LogP contribution in [0.3, 0.4) is 0 Å². The van der Waals surface area contributed by atoms with Crippen molar-refractivity contribution < 1.29 is 9.13 Å². The maximum absolute atomic E-state index is 13.5. The molecule has 16 heavy (non-hydrogen) atoms. The molecule has 0 radical (unpaired) electrons. The first-order valence-corrected chi connectivity index (χ1v) is 5.45. The Bertz CT molecular complexity index is 364. The molecule has 0 bridgehead atoms. The summed E-state index contributed by atoms with van der Waals surface area (Å²) in [6, 6.07) is 5.18. The predicted octanol–water partition coefficient (Wildman–Crippen LogP) is 1.70. The summed E-state index contributed by atoms with van der Waals surface area (Å²) in [6.45, 7) is 2.63. The summed E-state index contributed by atoms with van der Waals surface area (Å²) in [5.74, 6) is -0.191. The molecule has 1 aromatic carbocycles. The van der Waals surface area contributed by atoms with Gasteiger partial charge in [-0.25, -0.2) is 4.39 Å². The first-order chi connectivity index (χ1) is 7.74. The summed E-state index contributed by atoms with van der Waals surface area (Å²) in [4.78, 5) is 2.24. The molecular weight excluding hydrogens is 207 g/mol. The molecule has 0 atom stereocenters. The van der Waals surface area contributed by atoms with Crippen molar-refractivity contribution in [3.63, 3.8) is 0 Å². The maximum Gasteiger partial charge on any atom is 0.146 e. The second-order valence-electron chi connectivity index (χ2n) is 4.08. The fourth-order valence-electron chi connectivity index (χ4n) is 2.02. The van der Waals surface area contributed by atoms with E-state index in [0.29, 0.717) is 11.8 Å². The lowest BCUT2D eigenvalue weighted by Gasteiger charge is -2.38. The molecule has 1 aliphatic rings. The van der Waals surface area contributed by atoms with Crippen LogP contribution in [0.4, 0.5) is 10.1 Å². The highest BCUT2D eigenvalue weighted by atomic mass is 19.1. The van der Waals surface area contributed by atoms with Gasteiger partial charge in [-0.05, 0) is 11.6 Å². The van der Waals surface area contributed by atoms with E-state index in [1.54, 1.807) is 20.2 Å². The zero-order valence-corrected chi connectivity index (χ0v) is 9.66. The van der Waals surface area contributed by atoms with Gasteiger partial charge in [0.1, 0.15) is 5.82 Å². The topological polar surface area (TPSA) is 24.5 Å². The molecule has 0 amide bonds. The highest BCUT2D eigenvalue weighted by Crippen LogP contribution is 2.23. The van der Waals surface area contributed by atoms with Crippen LogP contribution < -0.4 is 5.32 Å². The Morgan fingerprint density at radius 2 is 2.25 bits per heavy atom. The van der Waals surface area contributed by atoms with Gasteiger partial charge in [-0.1, -0.05) is 12.1 Å². The van der Waals surface area contributed by atoms with E-state index in [9.17, 15) is 4.39 Å². The van der Waals surface area contributed by atoms with E-state index in [4.69, 9.17) is 4.74 Å². The van der Waals surface area contributed by atoms with Crippen LogP contribution in [0.15, 0.2) is 18.2 Å². The van der Waals surface area contributed by atoms with Gasteiger partial charge in [0.25, 0.3) is 0 Å². The van der Waals surface area contributed by atoms with E-state index in [-0.39, 0.29) is 5.82 Å². The molecule has 0 saturated carbocycles. The Labute approximate surface area is 95.2 Å².